The van der Waals surface area contributed by atoms with Crippen LogP contribution in [0.5, 0.6) is 5.75 Å². The third-order valence-electron chi connectivity index (χ3n) is 4.42. The number of nitrogens with one attached hydrogen (secondary N) is 3. The van der Waals surface area contributed by atoms with E-state index in [4.69, 9.17) is 4.74 Å². The minimum Gasteiger partial charge on any atom is -0.491 e. The predicted octanol–water partition coefficient (Wildman–Crippen LogP) is 4.57. The number of anilines is 3. The summed E-state index contributed by atoms with van der Waals surface area (Å²) in [6.45, 7) is 7.90. The van der Waals surface area contributed by atoms with Crippen molar-refractivity contribution in [1.29, 1.82) is 0 Å². The van der Waals surface area contributed by atoms with Crippen LogP contribution in [0.15, 0.2) is 42.5 Å². The molecular weight excluding hydrogens is 354 g/mol. The van der Waals surface area contributed by atoms with Gasteiger partial charge in [-0.2, -0.15) is 0 Å². The van der Waals surface area contributed by atoms with Gasteiger partial charge in [-0.3, -0.25) is 9.59 Å². The molecule has 6 nitrogen and oxygen atoms in total. The predicted molar refractivity (Wildman–Crippen MR) is 114 cm³/mol. The van der Waals surface area contributed by atoms with Crippen molar-refractivity contribution in [3.63, 3.8) is 0 Å². The summed E-state index contributed by atoms with van der Waals surface area (Å²) in [5.41, 5.74) is 3.05. The van der Waals surface area contributed by atoms with Gasteiger partial charge in [0.2, 0.25) is 11.8 Å². The van der Waals surface area contributed by atoms with Gasteiger partial charge < -0.3 is 20.7 Å². The first kappa shape index (κ1) is 21.3. The van der Waals surface area contributed by atoms with Crippen molar-refractivity contribution < 1.29 is 14.3 Å². The molecule has 0 aliphatic rings. The molecule has 0 saturated carbocycles. The van der Waals surface area contributed by atoms with E-state index in [1.807, 2.05) is 50.2 Å². The molecule has 150 valence electrons. The summed E-state index contributed by atoms with van der Waals surface area (Å²) in [6.07, 6.45) is 1.52. The second-order valence-corrected chi connectivity index (χ2v) is 6.64. The van der Waals surface area contributed by atoms with Gasteiger partial charge in [0.05, 0.1) is 12.6 Å². The number of hydrogen-bond donors (Lipinski definition) is 3. The lowest BCUT2D eigenvalue weighted by Crippen LogP contribution is -2.22. The molecule has 6 heteroatoms. The van der Waals surface area contributed by atoms with Crippen LogP contribution in [-0.4, -0.2) is 24.5 Å². The van der Waals surface area contributed by atoms with E-state index < -0.39 is 0 Å². The van der Waals surface area contributed by atoms with Crippen molar-refractivity contribution in [3.05, 3.63) is 48.0 Å². The smallest absolute Gasteiger partial charge is 0.243 e. The van der Waals surface area contributed by atoms with Crippen molar-refractivity contribution in [2.75, 3.05) is 22.5 Å². The average molecular weight is 383 g/mol. The molecule has 0 aliphatic carbocycles. The molecule has 0 aromatic heterocycles. The molecule has 2 aromatic rings. The van der Waals surface area contributed by atoms with Crippen LogP contribution in [0.1, 0.15) is 39.2 Å². The van der Waals surface area contributed by atoms with Crippen molar-refractivity contribution in [2.24, 2.45) is 0 Å². The number of carbonyl (C=O) groups excluding carboxylic acids is 2. The van der Waals surface area contributed by atoms with E-state index in [-0.39, 0.29) is 24.5 Å². The van der Waals surface area contributed by atoms with Crippen LogP contribution in [0, 0.1) is 6.92 Å². The molecule has 0 saturated heterocycles. The maximum atomic E-state index is 12.3. The highest BCUT2D eigenvalue weighted by Gasteiger charge is 2.09. The fraction of sp³-hybridized carbons (Fsp3) is 0.364. The second kappa shape index (κ2) is 10.3. The first-order chi connectivity index (χ1) is 13.4. The summed E-state index contributed by atoms with van der Waals surface area (Å²) in [5, 5.41) is 8.81. The number of rotatable bonds is 9. The fourth-order valence-corrected chi connectivity index (χ4v) is 2.49. The Morgan fingerprint density at radius 3 is 2.14 bits per heavy atom. The third kappa shape index (κ3) is 6.30. The van der Waals surface area contributed by atoms with E-state index in [2.05, 4.69) is 22.9 Å². The standard InChI is InChI=1S/C22H29N3O3/c1-5-15(3)28-18-12-10-17(11-13-18)23-14-22(27)25-20-9-7-8-19(16(20)4)24-21(26)6-2/h7-13,15,23H,5-6,14H2,1-4H3,(H,24,26)(H,25,27). The van der Waals surface area contributed by atoms with Gasteiger partial charge in [0.1, 0.15) is 5.75 Å². The van der Waals surface area contributed by atoms with Gasteiger partial charge in [0.15, 0.2) is 0 Å². The maximum Gasteiger partial charge on any atom is 0.243 e. The van der Waals surface area contributed by atoms with E-state index in [0.29, 0.717) is 17.8 Å². The van der Waals surface area contributed by atoms with Crippen LogP contribution in [0.2, 0.25) is 0 Å². The molecule has 3 N–H and O–H groups in total. The monoisotopic (exact) mass is 383 g/mol. The Kier molecular flexibility index (Phi) is 7.87. The fourth-order valence-electron chi connectivity index (χ4n) is 2.49. The van der Waals surface area contributed by atoms with Gasteiger partial charge >= 0.3 is 0 Å². The molecule has 2 rings (SSSR count). The maximum absolute atomic E-state index is 12.3. The molecule has 0 radical (unpaired) electrons. The molecule has 0 spiro atoms. The van der Waals surface area contributed by atoms with Crippen LogP contribution in [0.4, 0.5) is 17.1 Å². The molecule has 2 amide bonds. The van der Waals surface area contributed by atoms with E-state index in [0.717, 1.165) is 23.4 Å². The SMILES string of the molecule is CCC(=O)Nc1cccc(NC(=O)CNc2ccc(OC(C)CC)cc2)c1C. The Labute approximate surface area is 166 Å². The van der Waals surface area contributed by atoms with E-state index >= 15 is 0 Å². The van der Waals surface area contributed by atoms with Crippen LogP contribution < -0.4 is 20.7 Å². The Balaban J connectivity index is 1.90. The molecule has 1 atom stereocenters. The highest BCUT2D eigenvalue weighted by atomic mass is 16.5. The van der Waals surface area contributed by atoms with Crippen molar-refractivity contribution >= 4 is 28.9 Å². The zero-order valence-corrected chi connectivity index (χ0v) is 17.0. The number of benzene rings is 2. The van der Waals surface area contributed by atoms with E-state index in [1.165, 1.54) is 0 Å². The van der Waals surface area contributed by atoms with Crippen molar-refractivity contribution in [1.82, 2.24) is 0 Å². The molecule has 2 aromatic carbocycles. The number of carbonyl (C=O) groups is 2. The van der Waals surface area contributed by atoms with Gasteiger partial charge in [0, 0.05) is 23.5 Å². The van der Waals surface area contributed by atoms with Crippen molar-refractivity contribution in [2.45, 2.75) is 46.6 Å². The summed E-state index contributed by atoms with van der Waals surface area (Å²) in [7, 11) is 0. The van der Waals surface area contributed by atoms with E-state index in [9.17, 15) is 9.59 Å². The summed E-state index contributed by atoms with van der Waals surface area (Å²) in [6, 6.07) is 13.0. The van der Waals surface area contributed by atoms with Gasteiger partial charge in [-0.1, -0.05) is 19.9 Å². The molecule has 0 bridgehead atoms. The summed E-state index contributed by atoms with van der Waals surface area (Å²) in [4.78, 5) is 23.9. The average Bonchev–Trinajstić information content (AvgIpc) is 2.70. The van der Waals surface area contributed by atoms with Crippen LogP contribution in [0.3, 0.4) is 0 Å². The summed E-state index contributed by atoms with van der Waals surface area (Å²) < 4.78 is 5.75. The number of ether oxygens (including phenoxy) is 1. The highest BCUT2D eigenvalue weighted by Crippen LogP contribution is 2.23. The zero-order valence-electron chi connectivity index (χ0n) is 17.0. The molecule has 28 heavy (non-hydrogen) atoms. The van der Waals surface area contributed by atoms with Gasteiger partial charge in [0.25, 0.3) is 0 Å². The Hall–Kier alpha value is -3.02. The zero-order chi connectivity index (χ0) is 20.5. The Morgan fingerprint density at radius 1 is 0.964 bits per heavy atom. The van der Waals surface area contributed by atoms with Gasteiger partial charge in [-0.15, -0.1) is 0 Å². The molecule has 0 fully saturated rings. The quantitative estimate of drug-likeness (QED) is 0.592. The summed E-state index contributed by atoms with van der Waals surface area (Å²) >= 11 is 0. The molecule has 0 aliphatic heterocycles. The lowest BCUT2D eigenvalue weighted by atomic mass is 10.1. The van der Waals surface area contributed by atoms with Gasteiger partial charge in [-0.05, 0) is 62.2 Å². The van der Waals surface area contributed by atoms with Crippen LogP contribution >= 0.6 is 0 Å². The first-order valence-electron chi connectivity index (χ1n) is 9.62. The van der Waals surface area contributed by atoms with Crippen LogP contribution in [-0.2, 0) is 9.59 Å². The molecule has 0 heterocycles. The Bertz CT molecular complexity index is 803. The van der Waals surface area contributed by atoms with Crippen LogP contribution in [0.25, 0.3) is 0 Å². The lowest BCUT2D eigenvalue weighted by Gasteiger charge is -2.14. The molecular formula is C22H29N3O3. The summed E-state index contributed by atoms with van der Waals surface area (Å²) in [5.74, 6) is 0.585. The Morgan fingerprint density at radius 2 is 1.57 bits per heavy atom. The topological polar surface area (TPSA) is 79.5 Å². The minimum absolute atomic E-state index is 0.0611. The number of amides is 2. The number of hydrogen-bond acceptors (Lipinski definition) is 4. The van der Waals surface area contributed by atoms with Crippen molar-refractivity contribution in [3.8, 4) is 5.75 Å². The highest BCUT2D eigenvalue weighted by molar-refractivity contribution is 5.97. The lowest BCUT2D eigenvalue weighted by molar-refractivity contribution is -0.116. The molecule has 1 unspecified atom stereocenters. The van der Waals surface area contributed by atoms with Gasteiger partial charge in [-0.25, -0.2) is 0 Å². The second-order valence-electron chi connectivity index (χ2n) is 6.64. The largest absolute Gasteiger partial charge is 0.491 e. The minimum atomic E-state index is -0.165. The normalized spacial score (nSPS) is 11.4. The first-order valence-corrected chi connectivity index (χ1v) is 9.62. The third-order valence-corrected chi connectivity index (χ3v) is 4.42. The van der Waals surface area contributed by atoms with E-state index in [1.54, 1.807) is 13.0 Å².